The van der Waals surface area contributed by atoms with Gasteiger partial charge >= 0.3 is 0 Å². The molecule has 0 aliphatic rings. The Bertz CT molecular complexity index is 522. The molecule has 2 heteroatoms. The van der Waals surface area contributed by atoms with Crippen LogP contribution in [0.4, 0.5) is 5.69 Å². The van der Waals surface area contributed by atoms with Crippen molar-refractivity contribution >= 4 is 5.69 Å². The number of hydrogen-bond acceptors (Lipinski definition) is 2. The fourth-order valence-electron chi connectivity index (χ4n) is 2.27. The van der Waals surface area contributed by atoms with Crippen molar-refractivity contribution in [1.29, 1.82) is 0 Å². The average Bonchev–Trinajstić information content (AvgIpc) is 2.46. The molecule has 19 heavy (non-hydrogen) atoms. The topological polar surface area (TPSA) is 32.3 Å². The van der Waals surface area contributed by atoms with Gasteiger partial charge < -0.3 is 10.4 Å². The summed E-state index contributed by atoms with van der Waals surface area (Å²) in [5.41, 5.74) is 4.61. The highest BCUT2D eigenvalue weighted by molar-refractivity contribution is 5.57. The van der Waals surface area contributed by atoms with Gasteiger partial charge in [-0.25, -0.2) is 0 Å². The zero-order chi connectivity index (χ0) is 13.7. The van der Waals surface area contributed by atoms with Gasteiger partial charge in [0.1, 0.15) is 0 Å². The third-order valence-corrected chi connectivity index (χ3v) is 3.40. The quantitative estimate of drug-likeness (QED) is 0.853. The van der Waals surface area contributed by atoms with Crippen LogP contribution in [0.5, 0.6) is 0 Å². The first-order valence-corrected chi connectivity index (χ1v) is 6.77. The van der Waals surface area contributed by atoms with E-state index in [1.165, 1.54) is 11.1 Å². The summed E-state index contributed by atoms with van der Waals surface area (Å²) in [6.07, 6.45) is 0.511. The average molecular weight is 255 g/mol. The van der Waals surface area contributed by atoms with Crippen molar-refractivity contribution in [3.8, 4) is 0 Å². The molecular formula is C17H21NO. The second kappa shape index (κ2) is 6.39. The van der Waals surface area contributed by atoms with Gasteiger partial charge in [-0.1, -0.05) is 55.5 Å². The van der Waals surface area contributed by atoms with E-state index in [1.807, 2.05) is 30.3 Å². The molecule has 2 aromatic carbocycles. The van der Waals surface area contributed by atoms with E-state index in [4.69, 9.17) is 0 Å². The Hall–Kier alpha value is -1.80. The number of hydrogen-bond donors (Lipinski definition) is 2. The Morgan fingerprint density at radius 3 is 2.47 bits per heavy atom. The van der Waals surface area contributed by atoms with Crippen LogP contribution in [0.3, 0.4) is 0 Å². The predicted molar refractivity (Wildman–Crippen MR) is 80.4 cm³/mol. The van der Waals surface area contributed by atoms with Gasteiger partial charge in [-0.15, -0.1) is 0 Å². The Morgan fingerprint density at radius 1 is 1.05 bits per heavy atom. The summed E-state index contributed by atoms with van der Waals surface area (Å²) in [4.78, 5) is 0. The highest BCUT2D eigenvalue weighted by atomic mass is 16.3. The van der Waals surface area contributed by atoms with E-state index in [-0.39, 0.29) is 0 Å². The van der Waals surface area contributed by atoms with Crippen LogP contribution < -0.4 is 5.32 Å². The molecule has 2 N–H and O–H groups in total. The van der Waals surface area contributed by atoms with Crippen LogP contribution in [0.25, 0.3) is 0 Å². The molecule has 1 unspecified atom stereocenters. The van der Waals surface area contributed by atoms with Crippen molar-refractivity contribution in [3.05, 3.63) is 65.2 Å². The summed E-state index contributed by atoms with van der Waals surface area (Å²) in [5, 5.41) is 13.6. The minimum absolute atomic E-state index is 0.481. The Kier molecular flexibility index (Phi) is 4.58. The normalized spacial score (nSPS) is 12.2. The van der Waals surface area contributed by atoms with Crippen LogP contribution in [0, 0.1) is 6.92 Å². The fourth-order valence-corrected chi connectivity index (χ4v) is 2.27. The molecular weight excluding hydrogens is 234 g/mol. The zero-order valence-corrected chi connectivity index (χ0v) is 11.6. The molecule has 0 spiro atoms. The number of rotatable bonds is 5. The third-order valence-electron chi connectivity index (χ3n) is 3.40. The molecule has 0 saturated carbocycles. The molecule has 2 nitrogen and oxygen atoms in total. The van der Waals surface area contributed by atoms with Gasteiger partial charge in [-0.2, -0.15) is 0 Å². The van der Waals surface area contributed by atoms with Gasteiger partial charge in [-0.05, 0) is 30.0 Å². The lowest BCUT2D eigenvalue weighted by Crippen LogP contribution is -2.13. The van der Waals surface area contributed by atoms with Crippen molar-refractivity contribution in [2.24, 2.45) is 0 Å². The monoisotopic (exact) mass is 255 g/mol. The molecule has 0 radical (unpaired) electrons. The summed E-state index contributed by atoms with van der Waals surface area (Å²) in [5.74, 6) is 0. The second-order valence-corrected chi connectivity index (χ2v) is 4.77. The lowest BCUT2D eigenvalue weighted by atomic mass is 10.0. The molecule has 0 aliphatic heterocycles. The minimum atomic E-state index is -0.481. The van der Waals surface area contributed by atoms with Gasteiger partial charge in [-0.3, -0.25) is 0 Å². The lowest BCUT2D eigenvalue weighted by Gasteiger charge is -2.17. The second-order valence-electron chi connectivity index (χ2n) is 4.77. The summed E-state index contributed by atoms with van der Waals surface area (Å²) < 4.78 is 0. The molecule has 1 atom stereocenters. The van der Waals surface area contributed by atoms with E-state index in [9.17, 15) is 5.11 Å². The van der Waals surface area contributed by atoms with Gasteiger partial charge in [0.2, 0.25) is 0 Å². The molecule has 0 aromatic heterocycles. The SMILES string of the molecule is CCc1cccc(C)c1NCC(O)c1ccccc1. The smallest absolute Gasteiger partial charge is 0.0962 e. The highest BCUT2D eigenvalue weighted by Gasteiger charge is 2.09. The van der Waals surface area contributed by atoms with Crippen molar-refractivity contribution in [2.45, 2.75) is 26.4 Å². The van der Waals surface area contributed by atoms with Crippen LogP contribution in [0.15, 0.2) is 48.5 Å². The van der Waals surface area contributed by atoms with E-state index in [2.05, 4.69) is 37.4 Å². The molecule has 0 fully saturated rings. The maximum atomic E-state index is 10.2. The summed E-state index contributed by atoms with van der Waals surface area (Å²) in [7, 11) is 0. The van der Waals surface area contributed by atoms with Crippen LogP contribution >= 0.6 is 0 Å². The number of para-hydroxylation sites is 1. The van der Waals surface area contributed by atoms with Gasteiger partial charge in [0.05, 0.1) is 6.10 Å². The van der Waals surface area contributed by atoms with Crippen LogP contribution in [0.1, 0.15) is 29.7 Å². The Morgan fingerprint density at radius 2 is 1.79 bits per heavy atom. The first-order valence-electron chi connectivity index (χ1n) is 6.77. The standard InChI is InChI=1S/C17H21NO/c1-3-14-11-7-8-13(2)17(14)18-12-16(19)15-9-5-4-6-10-15/h4-11,16,18-19H,3,12H2,1-2H3. The van der Waals surface area contributed by atoms with Crippen molar-refractivity contribution in [3.63, 3.8) is 0 Å². The van der Waals surface area contributed by atoms with Gasteiger partial charge in [0.25, 0.3) is 0 Å². The van der Waals surface area contributed by atoms with E-state index in [0.29, 0.717) is 6.54 Å². The largest absolute Gasteiger partial charge is 0.387 e. The Labute approximate surface area is 115 Å². The lowest BCUT2D eigenvalue weighted by molar-refractivity contribution is 0.191. The van der Waals surface area contributed by atoms with E-state index in [1.54, 1.807) is 0 Å². The van der Waals surface area contributed by atoms with Gasteiger partial charge in [0.15, 0.2) is 0 Å². The Balaban J connectivity index is 2.07. The number of aryl methyl sites for hydroxylation is 2. The molecule has 2 rings (SSSR count). The van der Waals surface area contributed by atoms with Crippen LogP contribution in [-0.4, -0.2) is 11.7 Å². The summed E-state index contributed by atoms with van der Waals surface area (Å²) >= 11 is 0. The van der Waals surface area contributed by atoms with Crippen LogP contribution in [-0.2, 0) is 6.42 Å². The molecule has 0 amide bonds. The molecule has 100 valence electrons. The van der Waals surface area contributed by atoms with Crippen molar-refractivity contribution in [1.82, 2.24) is 0 Å². The maximum Gasteiger partial charge on any atom is 0.0962 e. The number of aliphatic hydroxyl groups excluding tert-OH is 1. The first-order chi connectivity index (χ1) is 9.22. The molecule has 0 saturated heterocycles. The molecule has 0 bridgehead atoms. The zero-order valence-electron chi connectivity index (χ0n) is 11.6. The molecule has 2 aromatic rings. The summed E-state index contributed by atoms with van der Waals surface area (Å²) in [6.45, 7) is 4.77. The summed E-state index contributed by atoms with van der Waals surface area (Å²) in [6, 6.07) is 16.1. The number of aliphatic hydroxyl groups is 1. The molecule has 0 aliphatic carbocycles. The first kappa shape index (κ1) is 13.6. The maximum absolute atomic E-state index is 10.2. The highest BCUT2D eigenvalue weighted by Crippen LogP contribution is 2.22. The number of benzene rings is 2. The van der Waals surface area contributed by atoms with Crippen molar-refractivity contribution < 1.29 is 5.11 Å². The molecule has 0 heterocycles. The number of anilines is 1. The van der Waals surface area contributed by atoms with E-state index < -0.39 is 6.10 Å². The van der Waals surface area contributed by atoms with Crippen LogP contribution in [0.2, 0.25) is 0 Å². The van der Waals surface area contributed by atoms with Gasteiger partial charge in [0, 0.05) is 12.2 Å². The predicted octanol–water partition coefficient (Wildman–Crippen LogP) is 3.70. The third kappa shape index (κ3) is 3.36. The van der Waals surface area contributed by atoms with E-state index in [0.717, 1.165) is 17.7 Å². The number of nitrogens with one attached hydrogen (secondary N) is 1. The van der Waals surface area contributed by atoms with Crippen molar-refractivity contribution in [2.75, 3.05) is 11.9 Å². The fraction of sp³-hybridized carbons (Fsp3) is 0.294. The van der Waals surface area contributed by atoms with E-state index >= 15 is 0 Å². The minimum Gasteiger partial charge on any atom is -0.387 e.